The van der Waals surface area contributed by atoms with Crippen LogP contribution < -0.4 is 4.74 Å². The lowest BCUT2D eigenvalue weighted by Gasteiger charge is -2.20. The van der Waals surface area contributed by atoms with E-state index < -0.39 is 0 Å². The third-order valence-corrected chi connectivity index (χ3v) is 4.87. The zero-order valence-electron chi connectivity index (χ0n) is 15.2. The zero-order chi connectivity index (χ0) is 17.9. The third-order valence-electron chi connectivity index (χ3n) is 4.87. The van der Waals surface area contributed by atoms with E-state index in [0.29, 0.717) is 0 Å². The van der Waals surface area contributed by atoms with Gasteiger partial charge in [-0.1, -0.05) is 29.8 Å². The molecule has 1 aromatic heterocycles. The van der Waals surface area contributed by atoms with Gasteiger partial charge in [0.25, 0.3) is 0 Å². The first-order valence-electron chi connectivity index (χ1n) is 9.02. The number of hydrogen-bond donors (Lipinski definition) is 0. The first-order valence-corrected chi connectivity index (χ1v) is 9.02. The molecule has 0 aliphatic carbocycles. The van der Waals surface area contributed by atoms with Crippen molar-refractivity contribution in [1.29, 1.82) is 0 Å². The molecule has 26 heavy (non-hydrogen) atoms. The topological polar surface area (TPSA) is 38.2 Å². The monoisotopic (exact) mass is 345 g/mol. The van der Waals surface area contributed by atoms with Crippen LogP contribution in [0.1, 0.15) is 29.2 Å². The number of ether oxygens (including phenoxy) is 1. The van der Waals surface area contributed by atoms with Gasteiger partial charge in [0.1, 0.15) is 11.9 Å². The Bertz CT molecular complexity index is 878. The summed E-state index contributed by atoms with van der Waals surface area (Å²) in [5.41, 5.74) is 5.80. The van der Waals surface area contributed by atoms with E-state index in [1.54, 1.807) is 6.20 Å². The Kier molecular flexibility index (Phi) is 4.67. The highest BCUT2D eigenvalue weighted by Gasteiger charge is 2.23. The van der Waals surface area contributed by atoms with E-state index in [1.165, 1.54) is 16.7 Å². The summed E-state index contributed by atoms with van der Waals surface area (Å²) < 4.78 is 6.36. The number of hydrogen-bond acceptors (Lipinski definition) is 4. The molecule has 2 heterocycles. The standard InChI is InChI=1S/C22H23N3O/c1-16-5-8-19(9-6-16)26-22-11-13-25(2)15-18-14-17(7-10-20(18)22)21-4-3-12-23-24-21/h3-10,12,14,22H,11,13,15H2,1-2H3. The lowest BCUT2D eigenvalue weighted by Crippen LogP contribution is -2.18. The van der Waals surface area contributed by atoms with Crippen LogP contribution in [0, 0.1) is 6.92 Å². The summed E-state index contributed by atoms with van der Waals surface area (Å²) in [5.74, 6) is 0.925. The molecule has 3 aromatic rings. The molecule has 0 radical (unpaired) electrons. The summed E-state index contributed by atoms with van der Waals surface area (Å²) in [5, 5.41) is 8.24. The van der Waals surface area contributed by atoms with Gasteiger partial charge >= 0.3 is 0 Å². The second-order valence-corrected chi connectivity index (χ2v) is 6.97. The van der Waals surface area contributed by atoms with Gasteiger partial charge in [0.15, 0.2) is 0 Å². The Balaban J connectivity index is 1.67. The van der Waals surface area contributed by atoms with Crippen molar-refractivity contribution in [3.63, 3.8) is 0 Å². The minimum absolute atomic E-state index is 0.0635. The molecule has 0 N–H and O–H groups in total. The Morgan fingerprint density at radius 3 is 2.69 bits per heavy atom. The van der Waals surface area contributed by atoms with Gasteiger partial charge in [-0.3, -0.25) is 0 Å². The highest BCUT2D eigenvalue weighted by molar-refractivity contribution is 5.60. The predicted molar refractivity (Wildman–Crippen MR) is 103 cm³/mol. The molecule has 4 nitrogen and oxygen atoms in total. The van der Waals surface area contributed by atoms with Gasteiger partial charge in [-0.05, 0) is 55.4 Å². The number of rotatable bonds is 3. The Morgan fingerprint density at radius 1 is 1.08 bits per heavy atom. The summed E-state index contributed by atoms with van der Waals surface area (Å²) in [7, 11) is 2.16. The maximum Gasteiger partial charge on any atom is 0.125 e. The van der Waals surface area contributed by atoms with Crippen LogP contribution in [-0.4, -0.2) is 28.7 Å². The number of nitrogens with zero attached hydrogens (tertiary/aromatic N) is 3. The number of aryl methyl sites for hydroxylation is 1. The number of fused-ring (bicyclic) bond motifs is 1. The predicted octanol–water partition coefficient (Wildman–Crippen LogP) is 4.41. The highest BCUT2D eigenvalue weighted by atomic mass is 16.5. The van der Waals surface area contributed by atoms with Crippen LogP contribution in [0.3, 0.4) is 0 Å². The number of benzene rings is 2. The van der Waals surface area contributed by atoms with Gasteiger partial charge in [-0.2, -0.15) is 10.2 Å². The van der Waals surface area contributed by atoms with E-state index in [9.17, 15) is 0 Å². The molecule has 0 saturated heterocycles. The SMILES string of the molecule is Cc1ccc(OC2CCN(C)Cc3cc(-c4cccnn4)ccc32)cc1. The summed E-state index contributed by atoms with van der Waals surface area (Å²) in [6.45, 7) is 4.01. The zero-order valence-corrected chi connectivity index (χ0v) is 15.2. The van der Waals surface area contributed by atoms with E-state index in [2.05, 4.69) is 71.5 Å². The van der Waals surface area contributed by atoms with Gasteiger partial charge in [0.05, 0.1) is 5.69 Å². The molecule has 1 atom stereocenters. The van der Waals surface area contributed by atoms with Crippen molar-refractivity contribution in [2.45, 2.75) is 26.0 Å². The van der Waals surface area contributed by atoms with Crippen molar-refractivity contribution in [2.24, 2.45) is 0 Å². The second kappa shape index (κ2) is 7.26. The highest BCUT2D eigenvalue weighted by Crippen LogP contribution is 2.33. The average Bonchev–Trinajstić information content (AvgIpc) is 2.82. The average molecular weight is 345 g/mol. The molecule has 0 amide bonds. The second-order valence-electron chi connectivity index (χ2n) is 6.97. The molecule has 132 valence electrons. The Morgan fingerprint density at radius 2 is 1.92 bits per heavy atom. The molecule has 0 bridgehead atoms. The minimum Gasteiger partial charge on any atom is -0.486 e. The van der Waals surface area contributed by atoms with Crippen LogP contribution in [0.15, 0.2) is 60.8 Å². The molecule has 4 rings (SSSR count). The van der Waals surface area contributed by atoms with Gasteiger partial charge < -0.3 is 9.64 Å². The van der Waals surface area contributed by atoms with E-state index in [1.807, 2.05) is 12.1 Å². The van der Waals surface area contributed by atoms with Crippen LogP contribution in [-0.2, 0) is 6.54 Å². The van der Waals surface area contributed by atoms with E-state index in [-0.39, 0.29) is 6.10 Å². The van der Waals surface area contributed by atoms with Crippen LogP contribution in [0.5, 0.6) is 5.75 Å². The molecule has 1 unspecified atom stereocenters. The maximum absolute atomic E-state index is 6.36. The molecule has 0 spiro atoms. The molecule has 0 saturated carbocycles. The molecule has 0 fully saturated rings. The van der Waals surface area contributed by atoms with Crippen LogP contribution in [0.2, 0.25) is 0 Å². The van der Waals surface area contributed by atoms with E-state index in [0.717, 1.165) is 36.5 Å². The molecule has 1 aliphatic rings. The molecular weight excluding hydrogens is 322 g/mol. The summed E-state index contributed by atoms with van der Waals surface area (Å²) >= 11 is 0. The summed E-state index contributed by atoms with van der Waals surface area (Å²) in [6.07, 6.45) is 2.74. The summed E-state index contributed by atoms with van der Waals surface area (Å²) in [6, 6.07) is 18.8. The van der Waals surface area contributed by atoms with Crippen molar-refractivity contribution >= 4 is 0 Å². The fraction of sp³-hybridized carbons (Fsp3) is 0.273. The summed E-state index contributed by atoms with van der Waals surface area (Å²) in [4.78, 5) is 2.35. The van der Waals surface area contributed by atoms with Crippen molar-refractivity contribution in [3.05, 3.63) is 77.5 Å². The molecular formula is C22H23N3O. The Labute approximate surface area is 154 Å². The molecule has 2 aromatic carbocycles. The maximum atomic E-state index is 6.36. The van der Waals surface area contributed by atoms with Crippen molar-refractivity contribution in [3.8, 4) is 17.0 Å². The first kappa shape index (κ1) is 16.7. The van der Waals surface area contributed by atoms with Gasteiger partial charge in [0.2, 0.25) is 0 Å². The largest absolute Gasteiger partial charge is 0.486 e. The smallest absolute Gasteiger partial charge is 0.125 e. The van der Waals surface area contributed by atoms with E-state index >= 15 is 0 Å². The Hall–Kier alpha value is -2.72. The normalized spacial score (nSPS) is 17.4. The van der Waals surface area contributed by atoms with Gasteiger partial charge in [0, 0.05) is 31.3 Å². The number of aromatic nitrogens is 2. The van der Waals surface area contributed by atoms with Crippen LogP contribution in [0.25, 0.3) is 11.3 Å². The quantitative estimate of drug-likeness (QED) is 0.705. The minimum atomic E-state index is 0.0635. The van der Waals surface area contributed by atoms with Crippen LogP contribution >= 0.6 is 0 Å². The lowest BCUT2D eigenvalue weighted by molar-refractivity contribution is 0.182. The lowest BCUT2D eigenvalue weighted by atomic mass is 9.97. The van der Waals surface area contributed by atoms with Crippen molar-refractivity contribution in [2.75, 3.05) is 13.6 Å². The fourth-order valence-electron chi connectivity index (χ4n) is 3.44. The van der Waals surface area contributed by atoms with Gasteiger partial charge in [-0.15, -0.1) is 0 Å². The van der Waals surface area contributed by atoms with Crippen molar-refractivity contribution in [1.82, 2.24) is 15.1 Å². The third kappa shape index (κ3) is 3.60. The molecule has 1 aliphatic heterocycles. The molecule has 4 heteroatoms. The first-order chi connectivity index (χ1) is 12.7. The van der Waals surface area contributed by atoms with Gasteiger partial charge in [-0.25, -0.2) is 0 Å². The van der Waals surface area contributed by atoms with Crippen molar-refractivity contribution < 1.29 is 4.74 Å². The van der Waals surface area contributed by atoms with Crippen LogP contribution in [0.4, 0.5) is 0 Å². The fourth-order valence-corrected chi connectivity index (χ4v) is 3.44. The van der Waals surface area contributed by atoms with E-state index in [4.69, 9.17) is 4.74 Å².